The summed E-state index contributed by atoms with van der Waals surface area (Å²) in [6.07, 6.45) is 2.93. The van der Waals surface area contributed by atoms with E-state index in [4.69, 9.17) is 14.0 Å². The SMILES string of the molecule is COc1ccc(OC)c(-c2cc(C(=O)N[C@H]3CCCC[C@H]3O)no2)c1. The maximum Gasteiger partial charge on any atom is 0.273 e. The predicted octanol–water partition coefficient (Wildman–Crippen LogP) is 2.39. The summed E-state index contributed by atoms with van der Waals surface area (Å²) in [6, 6.07) is 6.60. The lowest BCUT2D eigenvalue weighted by Gasteiger charge is -2.27. The number of aromatic nitrogens is 1. The number of benzene rings is 1. The summed E-state index contributed by atoms with van der Waals surface area (Å²) in [6.45, 7) is 0. The number of hydrogen-bond acceptors (Lipinski definition) is 6. The third kappa shape index (κ3) is 3.76. The fourth-order valence-corrected chi connectivity index (χ4v) is 3.04. The number of rotatable bonds is 5. The second-order valence-corrected chi connectivity index (χ2v) is 6.07. The van der Waals surface area contributed by atoms with Crippen LogP contribution in [0.5, 0.6) is 11.5 Å². The molecular formula is C18H22N2O5. The summed E-state index contributed by atoms with van der Waals surface area (Å²) in [4.78, 5) is 12.4. The minimum absolute atomic E-state index is 0.164. The topological polar surface area (TPSA) is 93.8 Å². The van der Waals surface area contributed by atoms with Crippen LogP contribution in [-0.2, 0) is 0 Å². The van der Waals surface area contributed by atoms with Crippen molar-refractivity contribution in [2.24, 2.45) is 0 Å². The zero-order valence-corrected chi connectivity index (χ0v) is 14.3. The van der Waals surface area contributed by atoms with Gasteiger partial charge in [0.25, 0.3) is 5.91 Å². The number of carbonyl (C=O) groups is 1. The Labute approximate surface area is 145 Å². The maximum atomic E-state index is 12.4. The van der Waals surface area contributed by atoms with Gasteiger partial charge in [-0.2, -0.15) is 0 Å². The molecule has 0 radical (unpaired) electrons. The molecule has 0 bridgehead atoms. The summed E-state index contributed by atoms with van der Waals surface area (Å²) in [5, 5.41) is 16.7. The van der Waals surface area contributed by atoms with Crippen molar-refractivity contribution in [3.63, 3.8) is 0 Å². The maximum absolute atomic E-state index is 12.4. The zero-order chi connectivity index (χ0) is 17.8. The van der Waals surface area contributed by atoms with Gasteiger partial charge in [-0.3, -0.25) is 4.79 Å². The first-order valence-electron chi connectivity index (χ1n) is 8.30. The highest BCUT2D eigenvalue weighted by atomic mass is 16.5. The second-order valence-electron chi connectivity index (χ2n) is 6.07. The molecule has 1 aromatic heterocycles. The molecule has 2 aromatic rings. The molecule has 0 unspecified atom stereocenters. The van der Waals surface area contributed by atoms with Crippen LogP contribution in [0.15, 0.2) is 28.8 Å². The van der Waals surface area contributed by atoms with Crippen molar-refractivity contribution >= 4 is 5.91 Å². The number of carbonyl (C=O) groups excluding carboxylic acids is 1. The van der Waals surface area contributed by atoms with Crippen LogP contribution in [0, 0.1) is 0 Å². The lowest BCUT2D eigenvalue weighted by atomic mass is 9.92. The Morgan fingerprint density at radius 3 is 2.76 bits per heavy atom. The third-order valence-electron chi connectivity index (χ3n) is 4.46. The van der Waals surface area contributed by atoms with Gasteiger partial charge in [-0.05, 0) is 31.0 Å². The van der Waals surface area contributed by atoms with Gasteiger partial charge >= 0.3 is 0 Å². The standard InChI is InChI=1S/C18H22N2O5/c1-23-11-7-8-16(24-2)12(9-11)17-10-14(20-25-17)18(22)19-13-5-3-4-6-15(13)21/h7-10,13,15,21H,3-6H2,1-2H3,(H,19,22)/t13-,15+/m0/s1. The smallest absolute Gasteiger partial charge is 0.273 e. The first-order chi connectivity index (χ1) is 12.1. The molecule has 0 saturated heterocycles. The molecule has 25 heavy (non-hydrogen) atoms. The first-order valence-corrected chi connectivity index (χ1v) is 8.30. The van der Waals surface area contributed by atoms with Gasteiger partial charge in [0.1, 0.15) is 11.5 Å². The number of methoxy groups -OCH3 is 2. The number of nitrogens with one attached hydrogen (secondary N) is 1. The summed E-state index contributed by atoms with van der Waals surface area (Å²) >= 11 is 0. The number of aliphatic hydroxyl groups excluding tert-OH is 1. The van der Waals surface area contributed by atoms with Crippen molar-refractivity contribution in [1.82, 2.24) is 10.5 Å². The van der Waals surface area contributed by atoms with Crippen LogP contribution in [0.3, 0.4) is 0 Å². The molecule has 7 heteroatoms. The lowest BCUT2D eigenvalue weighted by Crippen LogP contribution is -2.45. The van der Waals surface area contributed by atoms with E-state index in [0.717, 1.165) is 19.3 Å². The fraction of sp³-hybridized carbons (Fsp3) is 0.444. The minimum Gasteiger partial charge on any atom is -0.497 e. The highest BCUT2D eigenvalue weighted by molar-refractivity contribution is 5.93. The van der Waals surface area contributed by atoms with Crippen molar-refractivity contribution in [3.05, 3.63) is 30.0 Å². The largest absolute Gasteiger partial charge is 0.497 e. The molecule has 134 valence electrons. The molecule has 0 aliphatic heterocycles. The molecule has 1 saturated carbocycles. The van der Waals surface area contributed by atoms with Crippen LogP contribution in [-0.4, -0.2) is 42.5 Å². The number of amides is 1. The summed E-state index contributed by atoms with van der Waals surface area (Å²) < 4.78 is 15.9. The molecule has 1 aromatic carbocycles. The van der Waals surface area contributed by atoms with Crippen molar-refractivity contribution in [1.29, 1.82) is 0 Å². The van der Waals surface area contributed by atoms with Gasteiger partial charge < -0.3 is 24.4 Å². The van der Waals surface area contributed by atoms with Crippen LogP contribution < -0.4 is 14.8 Å². The van der Waals surface area contributed by atoms with Gasteiger partial charge in [0.2, 0.25) is 0 Å². The van der Waals surface area contributed by atoms with Gasteiger partial charge in [0.05, 0.1) is 31.9 Å². The molecule has 7 nitrogen and oxygen atoms in total. The number of aliphatic hydroxyl groups is 1. The van der Waals surface area contributed by atoms with Crippen LogP contribution in [0.4, 0.5) is 0 Å². The van der Waals surface area contributed by atoms with E-state index in [1.165, 1.54) is 0 Å². The van der Waals surface area contributed by atoms with E-state index in [0.29, 0.717) is 29.2 Å². The van der Waals surface area contributed by atoms with E-state index in [1.807, 2.05) is 0 Å². The van der Waals surface area contributed by atoms with Gasteiger partial charge in [-0.1, -0.05) is 18.0 Å². The Balaban J connectivity index is 1.79. The van der Waals surface area contributed by atoms with Crippen LogP contribution in [0.2, 0.25) is 0 Å². The number of ether oxygens (including phenoxy) is 2. The van der Waals surface area contributed by atoms with Crippen molar-refractivity contribution in [2.75, 3.05) is 14.2 Å². The van der Waals surface area contributed by atoms with Gasteiger partial charge in [0.15, 0.2) is 11.5 Å². The average molecular weight is 346 g/mol. The molecule has 2 N–H and O–H groups in total. The van der Waals surface area contributed by atoms with Crippen molar-refractivity contribution in [2.45, 2.75) is 37.8 Å². The zero-order valence-electron chi connectivity index (χ0n) is 14.3. The Bertz CT molecular complexity index is 743. The van der Waals surface area contributed by atoms with Crippen molar-refractivity contribution in [3.8, 4) is 22.8 Å². The van der Waals surface area contributed by atoms with Crippen LogP contribution in [0.25, 0.3) is 11.3 Å². The summed E-state index contributed by atoms with van der Waals surface area (Å²) in [7, 11) is 3.13. The van der Waals surface area contributed by atoms with Gasteiger partial charge in [0, 0.05) is 6.07 Å². The second kappa shape index (κ2) is 7.57. The molecule has 1 amide bonds. The lowest BCUT2D eigenvalue weighted by molar-refractivity contribution is 0.0711. The molecule has 2 atom stereocenters. The fourth-order valence-electron chi connectivity index (χ4n) is 3.04. The normalized spacial score (nSPS) is 20.1. The third-order valence-corrected chi connectivity index (χ3v) is 4.46. The van der Waals surface area contributed by atoms with Gasteiger partial charge in [-0.25, -0.2) is 0 Å². The van der Waals surface area contributed by atoms with Gasteiger partial charge in [-0.15, -0.1) is 0 Å². The molecule has 3 rings (SSSR count). The number of hydrogen-bond donors (Lipinski definition) is 2. The summed E-state index contributed by atoms with van der Waals surface area (Å²) in [5.74, 6) is 1.28. The Morgan fingerprint density at radius 2 is 2.04 bits per heavy atom. The highest BCUT2D eigenvalue weighted by Gasteiger charge is 2.26. The summed E-state index contributed by atoms with van der Waals surface area (Å²) in [5.41, 5.74) is 0.809. The highest BCUT2D eigenvalue weighted by Crippen LogP contribution is 2.33. The molecule has 1 heterocycles. The van der Waals surface area contributed by atoms with E-state index in [9.17, 15) is 9.90 Å². The van der Waals surface area contributed by atoms with Crippen molar-refractivity contribution < 1.29 is 23.9 Å². The quantitative estimate of drug-likeness (QED) is 0.863. The van der Waals surface area contributed by atoms with E-state index in [2.05, 4.69) is 10.5 Å². The molecule has 1 aliphatic rings. The average Bonchev–Trinajstić information content (AvgIpc) is 3.13. The van der Waals surface area contributed by atoms with E-state index in [-0.39, 0.29) is 17.6 Å². The molecular weight excluding hydrogens is 324 g/mol. The number of nitrogens with zero attached hydrogens (tertiary/aromatic N) is 1. The van der Waals surface area contributed by atoms with E-state index >= 15 is 0 Å². The monoisotopic (exact) mass is 346 g/mol. The van der Waals surface area contributed by atoms with Crippen LogP contribution >= 0.6 is 0 Å². The minimum atomic E-state index is -0.512. The van der Waals surface area contributed by atoms with E-state index in [1.54, 1.807) is 38.5 Å². The predicted molar refractivity (Wildman–Crippen MR) is 90.8 cm³/mol. The Hall–Kier alpha value is -2.54. The first kappa shape index (κ1) is 17.3. The van der Waals surface area contributed by atoms with Crippen LogP contribution in [0.1, 0.15) is 36.2 Å². The Morgan fingerprint density at radius 1 is 1.24 bits per heavy atom. The molecule has 1 aliphatic carbocycles. The molecule has 1 fully saturated rings. The Kier molecular flexibility index (Phi) is 5.23. The molecule has 0 spiro atoms. The van der Waals surface area contributed by atoms with E-state index < -0.39 is 6.10 Å².